The van der Waals surface area contributed by atoms with Crippen LogP contribution in [0.4, 0.5) is 0 Å². The van der Waals surface area contributed by atoms with E-state index in [4.69, 9.17) is 9.15 Å². The van der Waals surface area contributed by atoms with Crippen LogP contribution in [0.3, 0.4) is 0 Å². The lowest BCUT2D eigenvalue weighted by atomic mass is 10.1. The second kappa shape index (κ2) is 6.10. The molecule has 0 atom stereocenters. The van der Waals surface area contributed by atoms with Crippen LogP contribution in [0, 0.1) is 0 Å². The SMILES string of the molecule is COc1cc(O)cc2[o+]c(-c3ccc(O)c(O)c3)c(O)cc12.[Cl-]. The van der Waals surface area contributed by atoms with Gasteiger partial charge in [0.05, 0.1) is 18.7 Å². The zero-order valence-electron chi connectivity index (χ0n) is 11.9. The fourth-order valence-corrected chi connectivity index (χ4v) is 2.22. The average molecular weight is 337 g/mol. The molecule has 120 valence electrons. The first-order valence-corrected chi connectivity index (χ1v) is 6.39. The second-order valence-electron chi connectivity index (χ2n) is 4.72. The Kier molecular flexibility index (Phi) is 4.38. The monoisotopic (exact) mass is 336 g/mol. The Bertz CT molecular complexity index is 878. The van der Waals surface area contributed by atoms with Crippen molar-refractivity contribution >= 4 is 11.0 Å². The van der Waals surface area contributed by atoms with Crippen molar-refractivity contribution < 1.29 is 42.0 Å². The molecule has 4 N–H and O–H groups in total. The summed E-state index contributed by atoms with van der Waals surface area (Å²) in [7, 11) is 1.44. The number of halogens is 1. The quantitative estimate of drug-likeness (QED) is 0.394. The van der Waals surface area contributed by atoms with Crippen LogP contribution in [0.2, 0.25) is 0 Å². The molecule has 0 bridgehead atoms. The number of rotatable bonds is 2. The molecule has 7 heteroatoms. The van der Waals surface area contributed by atoms with Gasteiger partial charge in [-0.3, -0.25) is 0 Å². The number of phenols is 3. The van der Waals surface area contributed by atoms with E-state index < -0.39 is 0 Å². The molecule has 3 rings (SSSR count). The smallest absolute Gasteiger partial charge is 0.402 e. The number of ether oxygens (including phenoxy) is 1. The molecular formula is C16H13ClO6. The maximum absolute atomic E-state index is 10.2. The summed E-state index contributed by atoms with van der Waals surface area (Å²) in [4.78, 5) is 0. The van der Waals surface area contributed by atoms with Gasteiger partial charge in [0.1, 0.15) is 16.9 Å². The van der Waals surface area contributed by atoms with Crippen molar-refractivity contribution in [3.63, 3.8) is 0 Å². The summed E-state index contributed by atoms with van der Waals surface area (Å²) in [6.07, 6.45) is 0. The van der Waals surface area contributed by atoms with E-state index >= 15 is 0 Å². The molecule has 1 heterocycles. The minimum atomic E-state index is -0.333. The Morgan fingerprint density at radius 2 is 1.61 bits per heavy atom. The summed E-state index contributed by atoms with van der Waals surface area (Å²) < 4.78 is 10.8. The lowest BCUT2D eigenvalue weighted by molar-refractivity contribution is -0.00000892. The van der Waals surface area contributed by atoms with E-state index in [0.29, 0.717) is 22.3 Å². The summed E-state index contributed by atoms with van der Waals surface area (Å²) in [6.45, 7) is 0. The van der Waals surface area contributed by atoms with Crippen molar-refractivity contribution in [3.8, 4) is 40.1 Å². The van der Waals surface area contributed by atoms with E-state index in [9.17, 15) is 20.4 Å². The molecule has 0 aliphatic heterocycles. The molecule has 0 spiro atoms. The van der Waals surface area contributed by atoms with Gasteiger partial charge in [-0.2, -0.15) is 0 Å². The van der Waals surface area contributed by atoms with Gasteiger partial charge in [0.25, 0.3) is 0 Å². The van der Waals surface area contributed by atoms with Crippen LogP contribution in [0.25, 0.3) is 22.3 Å². The van der Waals surface area contributed by atoms with Gasteiger partial charge < -0.3 is 37.6 Å². The highest BCUT2D eigenvalue weighted by atomic mass is 35.5. The molecule has 23 heavy (non-hydrogen) atoms. The molecule has 0 fully saturated rings. The molecule has 0 aliphatic rings. The zero-order valence-corrected chi connectivity index (χ0v) is 12.7. The van der Waals surface area contributed by atoms with Crippen molar-refractivity contribution in [2.75, 3.05) is 7.11 Å². The highest BCUT2D eigenvalue weighted by Crippen LogP contribution is 2.40. The summed E-state index contributed by atoms with van der Waals surface area (Å²) in [5.74, 6) is -0.367. The fraction of sp³-hybridized carbons (Fsp3) is 0.0625. The van der Waals surface area contributed by atoms with Crippen molar-refractivity contribution in [2.45, 2.75) is 0 Å². The van der Waals surface area contributed by atoms with E-state index in [2.05, 4.69) is 0 Å². The van der Waals surface area contributed by atoms with Gasteiger partial charge in [0, 0.05) is 18.2 Å². The highest BCUT2D eigenvalue weighted by molar-refractivity contribution is 5.88. The van der Waals surface area contributed by atoms with E-state index in [-0.39, 0.29) is 41.2 Å². The van der Waals surface area contributed by atoms with Crippen LogP contribution in [-0.4, -0.2) is 27.5 Å². The van der Waals surface area contributed by atoms with Crippen molar-refractivity contribution in [1.82, 2.24) is 0 Å². The van der Waals surface area contributed by atoms with Gasteiger partial charge in [0.2, 0.25) is 5.75 Å². The number of aromatic hydroxyl groups is 4. The summed E-state index contributed by atoms with van der Waals surface area (Å²) in [5.41, 5.74) is 0.675. The van der Waals surface area contributed by atoms with Crippen LogP contribution in [0.5, 0.6) is 28.7 Å². The van der Waals surface area contributed by atoms with E-state index in [1.807, 2.05) is 0 Å². The number of hydrogen-bond acceptors (Lipinski definition) is 5. The van der Waals surface area contributed by atoms with Gasteiger partial charge in [-0.25, -0.2) is 4.42 Å². The molecule has 1 aromatic heterocycles. The van der Waals surface area contributed by atoms with Crippen molar-refractivity contribution in [2.24, 2.45) is 0 Å². The zero-order chi connectivity index (χ0) is 15.9. The maximum atomic E-state index is 10.2. The molecule has 0 radical (unpaired) electrons. The maximum Gasteiger partial charge on any atom is 0.402 e. The van der Waals surface area contributed by atoms with Gasteiger partial charge in [-0.1, -0.05) is 0 Å². The molecule has 0 unspecified atom stereocenters. The number of fused-ring (bicyclic) bond motifs is 1. The van der Waals surface area contributed by atoms with Crippen LogP contribution < -0.4 is 17.1 Å². The Morgan fingerprint density at radius 1 is 0.870 bits per heavy atom. The predicted octanol–water partition coefficient (Wildman–Crippen LogP) is 0.216. The molecule has 0 amide bonds. The average Bonchev–Trinajstić information content (AvgIpc) is 2.49. The normalized spacial score (nSPS) is 10.3. The van der Waals surface area contributed by atoms with Crippen LogP contribution >= 0.6 is 0 Å². The summed E-state index contributed by atoms with van der Waals surface area (Å²) >= 11 is 0. The first-order valence-electron chi connectivity index (χ1n) is 6.39. The number of methoxy groups -OCH3 is 1. The standard InChI is InChI=1S/C16H12O6.ClH/c1-21-14-5-9(17)6-15-10(14)7-13(20)16(22-15)8-2-3-11(18)12(19)4-8;/h2-7H,1H3,(H3-,17,18,19,20);1H. The van der Waals surface area contributed by atoms with Gasteiger partial charge >= 0.3 is 11.3 Å². The molecular weight excluding hydrogens is 324 g/mol. The minimum absolute atomic E-state index is 0. The minimum Gasteiger partial charge on any atom is -1.00 e. The van der Waals surface area contributed by atoms with Crippen LogP contribution in [-0.2, 0) is 0 Å². The molecule has 6 nitrogen and oxygen atoms in total. The van der Waals surface area contributed by atoms with Gasteiger partial charge in [0.15, 0.2) is 11.5 Å². The molecule has 0 saturated carbocycles. The number of benzene rings is 2. The molecule has 0 saturated heterocycles. The molecule has 3 aromatic rings. The van der Waals surface area contributed by atoms with Crippen LogP contribution in [0.15, 0.2) is 40.8 Å². The lowest BCUT2D eigenvalue weighted by Gasteiger charge is -2.03. The third kappa shape index (κ3) is 2.89. The van der Waals surface area contributed by atoms with E-state index in [1.165, 1.54) is 43.5 Å². The first kappa shape index (κ1) is 16.5. The summed E-state index contributed by atoms with van der Waals surface area (Å²) in [5, 5.41) is 39.2. The Labute approximate surface area is 137 Å². The second-order valence-corrected chi connectivity index (χ2v) is 4.72. The van der Waals surface area contributed by atoms with Gasteiger partial charge in [-0.15, -0.1) is 0 Å². The van der Waals surface area contributed by atoms with Crippen molar-refractivity contribution in [3.05, 3.63) is 36.4 Å². The first-order chi connectivity index (χ1) is 10.5. The summed E-state index contributed by atoms with van der Waals surface area (Å²) in [6, 6.07) is 8.27. The van der Waals surface area contributed by atoms with Gasteiger partial charge in [-0.05, 0) is 12.1 Å². The number of phenolic OH excluding ortho intramolecular Hbond substituents is 3. The third-order valence-electron chi connectivity index (χ3n) is 3.27. The van der Waals surface area contributed by atoms with Crippen LogP contribution in [0.1, 0.15) is 0 Å². The van der Waals surface area contributed by atoms with E-state index in [0.717, 1.165) is 0 Å². The topological polar surface area (TPSA) is 101 Å². The highest BCUT2D eigenvalue weighted by Gasteiger charge is 2.24. The fourth-order valence-electron chi connectivity index (χ4n) is 2.22. The Morgan fingerprint density at radius 3 is 2.26 bits per heavy atom. The number of hydrogen-bond donors (Lipinski definition) is 4. The Balaban J connectivity index is 0.00000192. The van der Waals surface area contributed by atoms with Crippen molar-refractivity contribution in [1.29, 1.82) is 0 Å². The largest absolute Gasteiger partial charge is 1.00 e. The Hall–Kier alpha value is -2.86. The molecule has 0 aliphatic carbocycles. The predicted molar refractivity (Wildman–Crippen MR) is 79.3 cm³/mol. The third-order valence-corrected chi connectivity index (χ3v) is 3.27. The lowest BCUT2D eigenvalue weighted by Crippen LogP contribution is -3.00. The molecule has 2 aromatic carbocycles. The van der Waals surface area contributed by atoms with E-state index in [1.54, 1.807) is 0 Å².